The zero-order valence-corrected chi connectivity index (χ0v) is 25.0. The van der Waals surface area contributed by atoms with Crippen LogP contribution in [-0.4, -0.2) is 36.4 Å². The van der Waals surface area contributed by atoms with Crippen molar-refractivity contribution in [3.63, 3.8) is 0 Å². The lowest BCUT2D eigenvalue weighted by molar-refractivity contribution is 0.417. The molecule has 1 saturated heterocycles. The molecule has 8 nitrogen and oxygen atoms in total. The minimum absolute atomic E-state index is 0.241. The number of rotatable bonds is 7. The van der Waals surface area contributed by atoms with E-state index < -0.39 is 10.0 Å². The van der Waals surface area contributed by atoms with Crippen LogP contribution in [0.5, 0.6) is 5.75 Å². The van der Waals surface area contributed by atoms with Crippen molar-refractivity contribution in [3.8, 4) is 11.4 Å². The van der Waals surface area contributed by atoms with Crippen molar-refractivity contribution in [1.82, 2.24) is 14.9 Å². The molecule has 2 N–H and O–H groups in total. The number of nitrogens with one attached hydrogen (secondary N) is 2. The Labute approximate surface area is 241 Å². The molecule has 4 aromatic rings. The van der Waals surface area contributed by atoms with Gasteiger partial charge in [0.15, 0.2) is 5.11 Å². The van der Waals surface area contributed by atoms with E-state index in [1.165, 1.54) is 18.2 Å². The van der Waals surface area contributed by atoms with Gasteiger partial charge < -0.3 is 19.5 Å². The number of aromatic nitrogens is 2. The zero-order chi connectivity index (χ0) is 28.8. The summed E-state index contributed by atoms with van der Waals surface area (Å²) >= 11 is 5.92. The first kappa shape index (κ1) is 27.7. The van der Waals surface area contributed by atoms with Gasteiger partial charge in [-0.15, -0.1) is 0 Å². The van der Waals surface area contributed by atoms with Crippen LogP contribution in [0, 0.1) is 27.7 Å². The summed E-state index contributed by atoms with van der Waals surface area (Å²) in [6.07, 6.45) is 2.89. The Morgan fingerprint density at radius 2 is 1.80 bits per heavy atom. The monoisotopic (exact) mass is 575 g/mol. The molecule has 2 atom stereocenters. The maximum absolute atomic E-state index is 12.1. The number of sulfonamides is 1. The van der Waals surface area contributed by atoms with E-state index >= 15 is 0 Å². The molecule has 5 rings (SSSR count). The molecular formula is C30H33N5O3S2. The highest BCUT2D eigenvalue weighted by atomic mass is 32.2. The third-order valence-corrected chi connectivity index (χ3v) is 8.37. The molecule has 0 unspecified atom stereocenters. The van der Waals surface area contributed by atoms with Crippen LogP contribution in [0.2, 0.25) is 0 Å². The van der Waals surface area contributed by atoms with Crippen LogP contribution < -0.4 is 19.7 Å². The highest BCUT2D eigenvalue weighted by Crippen LogP contribution is 2.45. The van der Waals surface area contributed by atoms with E-state index in [1.807, 2.05) is 29.2 Å². The van der Waals surface area contributed by atoms with E-state index in [9.17, 15) is 8.42 Å². The molecule has 0 spiro atoms. The summed E-state index contributed by atoms with van der Waals surface area (Å²) < 4.78 is 34.6. The lowest BCUT2D eigenvalue weighted by Gasteiger charge is -2.29. The number of hydrogen-bond donors (Lipinski definition) is 2. The Kier molecular flexibility index (Phi) is 7.32. The summed E-state index contributed by atoms with van der Waals surface area (Å²) in [6, 6.07) is 19.3. The van der Waals surface area contributed by atoms with Crippen molar-refractivity contribution in [2.45, 2.75) is 39.8 Å². The van der Waals surface area contributed by atoms with Crippen molar-refractivity contribution in [3.05, 3.63) is 101 Å². The van der Waals surface area contributed by atoms with E-state index in [2.05, 4.69) is 71.6 Å². The molecule has 1 fully saturated rings. The molecule has 3 heterocycles. The molecule has 2 aromatic carbocycles. The summed E-state index contributed by atoms with van der Waals surface area (Å²) in [7, 11) is -2.03. The standard InChI is InChI=1S/C30H33N5O3S2/c1-18-10-9-12-26(20(18)3)34-19(2)16-23(21(34)4)29-28(24-11-7-8-15-31-24)32-30(39)35(29)22-13-14-27(38-5)25(17-22)33-40(6,36)37/h7-17,28-29,33H,1-6H3,(H,32,39)/t28-,29+/m0/s1. The Hall–Kier alpha value is -3.89. The number of benzene rings is 2. The molecule has 40 heavy (non-hydrogen) atoms. The van der Waals surface area contributed by atoms with E-state index in [4.69, 9.17) is 17.0 Å². The first-order valence-corrected chi connectivity index (χ1v) is 15.2. The number of anilines is 2. The number of ether oxygens (including phenoxy) is 1. The number of hydrogen-bond acceptors (Lipinski definition) is 5. The highest BCUT2D eigenvalue weighted by Gasteiger charge is 2.42. The van der Waals surface area contributed by atoms with Gasteiger partial charge in [0.05, 0.1) is 36.8 Å². The second-order valence-corrected chi connectivity index (χ2v) is 12.3. The molecule has 10 heteroatoms. The van der Waals surface area contributed by atoms with Crippen LogP contribution in [0.1, 0.15) is 45.9 Å². The summed E-state index contributed by atoms with van der Waals surface area (Å²) in [6.45, 7) is 8.51. The number of aryl methyl sites for hydroxylation is 2. The predicted octanol–water partition coefficient (Wildman–Crippen LogP) is 5.66. The van der Waals surface area contributed by atoms with Gasteiger partial charge in [0.2, 0.25) is 10.0 Å². The Bertz CT molecular complexity index is 1700. The molecule has 0 radical (unpaired) electrons. The van der Waals surface area contributed by atoms with Crippen LogP contribution in [0.25, 0.3) is 5.69 Å². The van der Waals surface area contributed by atoms with E-state index in [0.717, 1.165) is 40.3 Å². The van der Waals surface area contributed by atoms with Crippen molar-refractivity contribution >= 4 is 38.7 Å². The van der Waals surface area contributed by atoms with Gasteiger partial charge in [-0.3, -0.25) is 9.71 Å². The summed E-state index contributed by atoms with van der Waals surface area (Å²) in [5.74, 6) is 0.415. The van der Waals surface area contributed by atoms with Crippen LogP contribution in [-0.2, 0) is 10.0 Å². The fourth-order valence-electron chi connectivity index (χ4n) is 5.51. The van der Waals surface area contributed by atoms with Gasteiger partial charge in [-0.05, 0) is 99.1 Å². The second-order valence-electron chi connectivity index (χ2n) is 10.1. The molecule has 2 aromatic heterocycles. The average Bonchev–Trinajstić information content (AvgIpc) is 3.40. The first-order chi connectivity index (χ1) is 19.0. The van der Waals surface area contributed by atoms with Gasteiger partial charge in [-0.1, -0.05) is 18.2 Å². The highest BCUT2D eigenvalue weighted by molar-refractivity contribution is 7.92. The van der Waals surface area contributed by atoms with Gasteiger partial charge in [0.1, 0.15) is 5.75 Å². The molecular weight excluding hydrogens is 542 g/mol. The van der Waals surface area contributed by atoms with Crippen molar-refractivity contribution in [2.75, 3.05) is 23.0 Å². The normalized spacial score (nSPS) is 17.1. The van der Waals surface area contributed by atoms with Crippen molar-refractivity contribution in [1.29, 1.82) is 0 Å². The predicted molar refractivity (Wildman–Crippen MR) is 164 cm³/mol. The van der Waals surface area contributed by atoms with E-state index in [0.29, 0.717) is 16.5 Å². The minimum Gasteiger partial charge on any atom is -0.495 e. The SMILES string of the molecule is COc1ccc(N2C(=S)N[C@@H](c3ccccn3)[C@H]2c2cc(C)n(-c3cccc(C)c3C)c2C)cc1NS(C)(=O)=O. The number of thiocarbonyl (C=S) groups is 1. The molecule has 208 valence electrons. The minimum atomic E-state index is -3.54. The Morgan fingerprint density at radius 3 is 2.48 bits per heavy atom. The Balaban J connectivity index is 1.70. The van der Waals surface area contributed by atoms with Crippen molar-refractivity contribution in [2.24, 2.45) is 0 Å². The summed E-state index contributed by atoms with van der Waals surface area (Å²) in [5, 5.41) is 4.02. The van der Waals surface area contributed by atoms with Gasteiger partial charge in [0, 0.05) is 29.0 Å². The molecule has 1 aliphatic rings. The topological polar surface area (TPSA) is 88.5 Å². The van der Waals surface area contributed by atoms with E-state index in [1.54, 1.807) is 18.3 Å². The van der Waals surface area contributed by atoms with Crippen LogP contribution >= 0.6 is 12.2 Å². The summed E-state index contributed by atoms with van der Waals surface area (Å²) in [5.41, 5.74) is 8.81. The van der Waals surface area contributed by atoms with Gasteiger partial charge in [0.25, 0.3) is 0 Å². The van der Waals surface area contributed by atoms with Crippen LogP contribution in [0.3, 0.4) is 0 Å². The molecule has 0 aliphatic carbocycles. The maximum atomic E-state index is 12.1. The molecule has 0 saturated carbocycles. The molecule has 0 amide bonds. The fraction of sp³-hybridized carbons (Fsp3) is 0.267. The Morgan fingerprint density at radius 1 is 1.02 bits per heavy atom. The van der Waals surface area contributed by atoms with Crippen LogP contribution in [0.15, 0.2) is 66.9 Å². The van der Waals surface area contributed by atoms with Gasteiger partial charge >= 0.3 is 0 Å². The smallest absolute Gasteiger partial charge is 0.229 e. The molecule has 1 aliphatic heterocycles. The largest absolute Gasteiger partial charge is 0.495 e. The third-order valence-electron chi connectivity index (χ3n) is 7.46. The lowest BCUT2D eigenvalue weighted by Crippen LogP contribution is -2.29. The molecule has 0 bridgehead atoms. The maximum Gasteiger partial charge on any atom is 0.229 e. The van der Waals surface area contributed by atoms with E-state index in [-0.39, 0.29) is 12.1 Å². The first-order valence-electron chi connectivity index (χ1n) is 12.9. The average molecular weight is 576 g/mol. The number of pyridine rings is 1. The van der Waals surface area contributed by atoms with Gasteiger partial charge in [-0.25, -0.2) is 8.42 Å². The number of methoxy groups -OCH3 is 1. The second kappa shape index (κ2) is 10.6. The quantitative estimate of drug-likeness (QED) is 0.275. The third kappa shape index (κ3) is 5.04. The lowest BCUT2D eigenvalue weighted by atomic mass is 9.96. The van der Waals surface area contributed by atoms with Crippen molar-refractivity contribution < 1.29 is 13.2 Å². The van der Waals surface area contributed by atoms with Crippen LogP contribution in [0.4, 0.5) is 11.4 Å². The summed E-state index contributed by atoms with van der Waals surface area (Å²) in [4.78, 5) is 6.71. The van der Waals surface area contributed by atoms with Gasteiger partial charge in [-0.2, -0.15) is 0 Å². The number of nitrogens with zero attached hydrogens (tertiary/aromatic N) is 3. The zero-order valence-electron chi connectivity index (χ0n) is 23.4. The fourth-order valence-corrected chi connectivity index (χ4v) is 6.41.